The fourth-order valence-corrected chi connectivity index (χ4v) is 8.54. The first-order valence-corrected chi connectivity index (χ1v) is 17.2. The minimum atomic E-state index is -0.404. The van der Waals surface area contributed by atoms with Crippen LogP contribution >= 0.6 is 0 Å². The van der Waals surface area contributed by atoms with E-state index in [0.29, 0.717) is 18.0 Å². The Bertz CT molecular complexity index is 1530. The van der Waals surface area contributed by atoms with Crippen molar-refractivity contribution in [3.8, 4) is 11.3 Å². The van der Waals surface area contributed by atoms with Gasteiger partial charge in [0.25, 0.3) is 0 Å². The van der Waals surface area contributed by atoms with Crippen molar-refractivity contribution in [1.82, 2.24) is 24.8 Å². The normalized spacial score (nSPS) is 26.0. The van der Waals surface area contributed by atoms with Gasteiger partial charge in [-0.15, -0.1) is 0 Å². The number of amides is 1. The van der Waals surface area contributed by atoms with Gasteiger partial charge in [-0.2, -0.15) is 0 Å². The number of anilines is 2. The highest BCUT2D eigenvalue weighted by molar-refractivity contribution is 6.09. The summed E-state index contributed by atoms with van der Waals surface area (Å²) in [5, 5.41) is 7.28. The van der Waals surface area contributed by atoms with Crippen LogP contribution in [0.4, 0.5) is 11.5 Å². The number of hydrogen-bond donors (Lipinski definition) is 2. The Labute approximate surface area is 260 Å². The van der Waals surface area contributed by atoms with Crippen molar-refractivity contribution in [2.24, 2.45) is 0 Å². The number of likely N-dealkylation sites (tertiary alicyclic amines) is 1. The number of rotatable bonds is 6. The smallest absolute Gasteiger partial charge is 0.238 e. The first-order valence-electron chi connectivity index (χ1n) is 17.2. The standard InChI is InChI=1S/C35H47N7O2/c1-23(2)41-22-37-30-21-29(39-33(32(30)41)38-25-8-16-44-17-9-25)24-6-7-28-31(18-24)42(34(43)35(28)10-12-36-13-11-35)27-19-26(20-27)40-14-4-3-5-15-40/h6-7,18,21-23,25-27,36H,3-5,8-17,19-20H2,1-2H3,(H,38,39). The third-order valence-electron chi connectivity index (χ3n) is 11.2. The number of benzene rings is 1. The lowest BCUT2D eigenvalue weighted by atomic mass is 9.74. The molecule has 1 spiro atoms. The van der Waals surface area contributed by atoms with Crippen molar-refractivity contribution < 1.29 is 9.53 Å². The topological polar surface area (TPSA) is 87.6 Å². The molecule has 1 saturated carbocycles. The van der Waals surface area contributed by atoms with E-state index in [1.54, 1.807) is 0 Å². The minimum Gasteiger partial charge on any atom is -0.381 e. The molecule has 2 aromatic heterocycles. The van der Waals surface area contributed by atoms with E-state index in [2.05, 4.69) is 63.1 Å². The fourth-order valence-electron chi connectivity index (χ4n) is 8.54. The molecule has 1 aliphatic carbocycles. The van der Waals surface area contributed by atoms with E-state index >= 15 is 0 Å². The molecule has 4 fully saturated rings. The molecule has 0 bridgehead atoms. The number of nitrogens with one attached hydrogen (secondary N) is 2. The van der Waals surface area contributed by atoms with E-state index in [9.17, 15) is 4.79 Å². The van der Waals surface area contributed by atoms with Gasteiger partial charge in [-0.1, -0.05) is 18.6 Å². The average molecular weight is 598 g/mol. The number of ether oxygens (including phenoxy) is 1. The molecule has 0 unspecified atom stereocenters. The molecule has 1 amide bonds. The van der Waals surface area contributed by atoms with Crippen LogP contribution < -0.4 is 15.5 Å². The Morgan fingerprint density at radius 1 is 1.02 bits per heavy atom. The van der Waals surface area contributed by atoms with Gasteiger partial charge >= 0.3 is 0 Å². The van der Waals surface area contributed by atoms with E-state index in [1.807, 2.05) is 6.33 Å². The molecule has 234 valence electrons. The van der Waals surface area contributed by atoms with Crippen molar-refractivity contribution in [2.75, 3.05) is 49.6 Å². The molecule has 3 saturated heterocycles. The van der Waals surface area contributed by atoms with Crippen LogP contribution in [0, 0.1) is 0 Å². The third kappa shape index (κ3) is 4.74. The van der Waals surface area contributed by atoms with Gasteiger partial charge in [0.2, 0.25) is 5.91 Å². The number of nitrogens with zero attached hydrogens (tertiary/aromatic N) is 5. The van der Waals surface area contributed by atoms with E-state index in [4.69, 9.17) is 14.7 Å². The summed E-state index contributed by atoms with van der Waals surface area (Å²) in [5.41, 5.74) is 5.89. The Hall–Kier alpha value is -3.01. The first kappa shape index (κ1) is 28.5. The largest absolute Gasteiger partial charge is 0.381 e. The van der Waals surface area contributed by atoms with Crippen LogP contribution in [0.5, 0.6) is 0 Å². The second-order valence-electron chi connectivity index (χ2n) is 14.1. The van der Waals surface area contributed by atoms with E-state index in [-0.39, 0.29) is 12.1 Å². The van der Waals surface area contributed by atoms with Crippen molar-refractivity contribution in [3.63, 3.8) is 0 Å². The van der Waals surface area contributed by atoms with Gasteiger partial charge in [0, 0.05) is 48.6 Å². The van der Waals surface area contributed by atoms with E-state index in [0.717, 1.165) is 98.6 Å². The maximum atomic E-state index is 14.5. The van der Waals surface area contributed by atoms with Gasteiger partial charge < -0.3 is 29.7 Å². The molecule has 9 nitrogen and oxygen atoms in total. The lowest BCUT2D eigenvalue weighted by Gasteiger charge is -2.48. The molecule has 0 radical (unpaired) electrons. The summed E-state index contributed by atoms with van der Waals surface area (Å²) in [6.07, 6.45) is 11.8. The zero-order chi connectivity index (χ0) is 29.8. The molecule has 3 aromatic rings. The van der Waals surface area contributed by atoms with Crippen molar-refractivity contribution >= 4 is 28.4 Å². The SMILES string of the molecule is CC(C)n1cnc2cc(-c3ccc4c(c3)N(C3CC(N5CCCCC5)C3)C(=O)C43CCNCC3)nc(NC3CCOCC3)c21. The Kier molecular flexibility index (Phi) is 7.38. The molecule has 1 aromatic carbocycles. The van der Waals surface area contributed by atoms with Gasteiger partial charge in [-0.25, -0.2) is 9.97 Å². The van der Waals surface area contributed by atoms with E-state index < -0.39 is 5.41 Å². The third-order valence-corrected chi connectivity index (χ3v) is 11.2. The number of aromatic nitrogens is 3. The molecule has 9 heteroatoms. The quantitative estimate of drug-likeness (QED) is 0.401. The summed E-state index contributed by atoms with van der Waals surface area (Å²) >= 11 is 0. The van der Waals surface area contributed by atoms with Crippen LogP contribution in [0.25, 0.3) is 22.3 Å². The molecule has 6 heterocycles. The van der Waals surface area contributed by atoms with Crippen LogP contribution in [0.15, 0.2) is 30.6 Å². The molecule has 5 aliphatic rings. The molecule has 2 N–H and O–H groups in total. The number of fused-ring (bicyclic) bond motifs is 3. The molecule has 8 rings (SSSR count). The minimum absolute atomic E-state index is 0.278. The number of piperidine rings is 2. The van der Waals surface area contributed by atoms with Crippen LogP contribution in [0.1, 0.15) is 83.2 Å². The summed E-state index contributed by atoms with van der Waals surface area (Å²) in [6, 6.07) is 10.3. The zero-order valence-electron chi connectivity index (χ0n) is 26.4. The second-order valence-corrected chi connectivity index (χ2v) is 14.1. The maximum absolute atomic E-state index is 14.5. The van der Waals surface area contributed by atoms with Crippen molar-refractivity contribution in [2.45, 2.75) is 101 Å². The highest BCUT2D eigenvalue weighted by Gasteiger charge is 2.54. The lowest BCUT2D eigenvalue weighted by molar-refractivity contribution is -0.125. The first-order chi connectivity index (χ1) is 21.5. The number of imidazole rings is 1. The van der Waals surface area contributed by atoms with Crippen LogP contribution in [-0.4, -0.2) is 82.9 Å². The zero-order valence-corrected chi connectivity index (χ0v) is 26.4. The molecular formula is C35H47N7O2. The second kappa shape index (κ2) is 11.4. The number of pyridine rings is 1. The maximum Gasteiger partial charge on any atom is 0.238 e. The van der Waals surface area contributed by atoms with Gasteiger partial charge in [-0.3, -0.25) is 4.79 Å². The number of carbonyl (C=O) groups excluding carboxylic acids is 1. The summed E-state index contributed by atoms with van der Waals surface area (Å²) in [6.45, 7) is 10.1. The molecular weight excluding hydrogens is 550 g/mol. The highest BCUT2D eigenvalue weighted by Crippen LogP contribution is 2.51. The Balaban J connectivity index is 1.17. The van der Waals surface area contributed by atoms with Gasteiger partial charge in [0.05, 0.1) is 23.0 Å². The van der Waals surface area contributed by atoms with Crippen LogP contribution in [0.2, 0.25) is 0 Å². The average Bonchev–Trinajstić information content (AvgIpc) is 3.56. The predicted molar refractivity (Wildman–Crippen MR) is 174 cm³/mol. The Morgan fingerprint density at radius 3 is 2.55 bits per heavy atom. The Morgan fingerprint density at radius 2 is 1.80 bits per heavy atom. The summed E-state index contributed by atoms with van der Waals surface area (Å²) in [4.78, 5) is 29.5. The summed E-state index contributed by atoms with van der Waals surface area (Å²) in [5.74, 6) is 1.22. The summed E-state index contributed by atoms with van der Waals surface area (Å²) in [7, 11) is 0. The van der Waals surface area contributed by atoms with Crippen molar-refractivity contribution in [1.29, 1.82) is 0 Å². The number of hydrogen-bond acceptors (Lipinski definition) is 7. The van der Waals surface area contributed by atoms with Gasteiger partial charge in [-0.05, 0) is 109 Å². The molecule has 4 aliphatic heterocycles. The van der Waals surface area contributed by atoms with Gasteiger partial charge in [0.15, 0.2) is 5.82 Å². The van der Waals surface area contributed by atoms with Crippen LogP contribution in [0.3, 0.4) is 0 Å². The van der Waals surface area contributed by atoms with Crippen molar-refractivity contribution in [3.05, 3.63) is 36.2 Å². The lowest BCUT2D eigenvalue weighted by Crippen LogP contribution is -2.58. The summed E-state index contributed by atoms with van der Waals surface area (Å²) < 4.78 is 7.85. The predicted octanol–water partition coefficient (Wildman–Crippen LogP) is 5.25. The molecule has 0 atom stereocenters. The highest BCUT2D eigenvalue weighted by atomic mass is 16.5. The monoisotopic (exact) mass is 597 g/mol. The fraction of sp³-hybridized carbons (Fsp3) is 0.629. The van der Waals surface area contributed by atoms with E-state index in [1.165, 1.54) is 37.9 Å². The van der Waals surface area contributed by atoms with Gasteiger partial charge in [0.1, 0.15) is 5.52 Å². The molecule has 44 heavy (non-hydrogen) atoms. The van der Waals surface area contributed by atoms with Crippen LogP contribution in [-0.2, 0) is 14.9 Å². The number of carbonyl (C=O) groups is 1.